The number of aliphatic hydroxyl groups excluding tert-OH is 1. The van der Waals surface area contributed by atoms with Gasteiger partial charge >= 0.3 is 0 Å². The van der Waals surface area contributed by atoms with Gasteiger partial charge < -0.3 is 25.4 Å². The van der Waals surface area contributed by atoms with Crippen molar-refractivity contribution in [2.75, 3.05) is 39.1 Å². The van der Waals surface area contributed by atoms with Gasteiger partial charge in [-0.3, -0.25) is 9.20 Å². The maximum atomic E-state index is 14.8. The first-order chi connectivity index (χ1) is 21.2. The number of methoxy groups -OCH3 is 1. The number of likely N-dealkylation sites (tertiary alicyclic amines) is 1. The zero-order valence-corrected chi connectivity index (χ0v) is 25.1. The predicted octanol–water partition coefficient (Wildman–Crippen LogP) is 3.60. The van der Waals surface area contributed by atoms with Crippen LogP contribution in [0.4, 0.5) is 20.3 Å². The summed E-state index contributed by atoms with van der Waals surface area (Å²) in [5.41, 5.74) is 1.43. The molecule has 6 rings (SSSR count). The molecule has 2 aromatic heterocycles. The average molecular weight is 626 g/mol. The Bertz CT molecular complexity index is 1820. The lowest BCUT2D eigenvalue weighted by Gasteiger charge is -2.34. The van der Waals surface area contributed by atoms with Crippen LogP contribution in [0.25, 0.3) is 16.9 Å². The van der Waals surface area contributed by atoms with Gasteiger partial charge in [-0.05, 0) is 55.7 Å². The van der Waals surface area contributed by atoms with Crippen molar-refractivity contribution in [1.29, 1.82) is 0 Å². The van der Waals surface area contributed by atoms with E-state index >= 15 is 0 Å². The highest BCUT2D eigenvalue weighted by Gasteiger charge is 2.35. The highest BCUT2D eigenvalue weighted by molar-refractivity contribution is 7.94. The number of rotatable bonds is 7. The van der Waals surface area contributed by atoms with E-state index in [0.29, 0.717) is 66.6 Å². The fourth-order valence-electron chi connectivity index (χ4n) is 5.93. The largest absolute Gasteiger partial charge is 0.494 e. The maximum Gasteiger partial charge on any atom is 0.239 e. The van der Waals surface area contributed by atoms with Crippen LogP contribution in [0.1, 0.15) is 19.3 Å². The van der Waals surface area contributed by atoms with E-state index in [9.17, 15) is 22.9 Å². The summed E-state index contributed by atoms with van der Waals surface area (Å²) in [4.78, 5) is 24.0. The molecule has 44 heavy (non-hydrogen) atoms. The molecule has 232 valence electrons. The van der Waals surface area contributed by atoms with Crippen LogP contribution in [0, 0.1) is 11.6 Å². The SMILES string of the molecule is CN=S(=O)(c1ccc(Nc2nccn3c(-c4ccc(OC)c(F)c4F)cnc23)cc1)C1CCN(C(=O)C2CC(O)CN2)CC1. The lowest BCUT2D eigenvalue weighted by molar-refractivity contribution is -0.134. The summed E-state index contributed by atoms with van der Waals surface area (Å²) < 4.78 is 54.2. The van der Waals surface area contributed by atoms with Gasteiger partial charge in [-0.15, -0.1) is 0 Å². The summed E-state index contributed by atoms with van der Waals surface area (Å²) in [5, 5.41) is 15.8. The smallest absolute Gasteiger partial charge is 0.239 e. The van der Waals surface area contributed by atoms with E-state index in [1.165, 1.54) is 31.6 Å². The Morgan fingerprint density at radius 1 is 1.14 bits per heavy atom. The van der Waals surface area contributed by atoms with Crippen LogP contribution in [-0.4, -0.2) is 85.7 Å². The van der Waals surface area contributed by atoms with Crippen LogP contribution in [0.2, 0.25) is 0 Å². The van der Waals surface area contributed by atoms with Crippen LogP contribution >= 0.6 is 0 Å². The number of β-amino-alcohol motifs (C(OH)–C–C–N with tert-alkyl or cyclic N) is 1. The van der Waals surface area contributed by atoms with Crippen molar-refractivity contribution >= 4 is 32.8 Å². The van der Waals surface area contributed by atoms with E-state index < -0.39 is 27.5 Å². The number of ether oxygens (including phenoxy) is 1. The number of amides is 1. The number of halogens is 2. The van der Waals surface area contributed by atoms with Crippen LogP contribution < -0.4 is 15.4 Å². The van der Waals surface area contributed by atoms with Gasteiger partial charge in [0.05, 0.1) is 46.1 Å². The van der Waals surface area contributed by atoms with E-state index in [2.05, 4.69) is 25.0 Å². The van der Waals surface area contributed by atoms with Crippen LogP contribution in [0.15, 0.2) is 64.2 Å². The molecule has 4 aromatic rings. The minimum Gasteiger partial charge on any atom is -0.494 e. The van der Waals surface area contributed by atoms with Crippen LogP contribution in [-0.2, 0) is 14.5 Å². The molecule has 0 aliphatic carbocycles. The van der Waals surface area contributed by atoms with Gasteiger partial charge in [-0.1, -0.05) is 0 Å². The number of aliphatic hydroxyl groups is 1. The Labute approximate surface area is 253 Å². The van der Waals surface area contributed by atoms with Gasteiger partial charge in [0.2, 0.25) is 11.7 Å². The average Bonchev–Trinajstić information content (AvgIpc) is 3.69. The fraction of sp³-hybridized carbons (Fsp3) is 0.367. The van der Waals surface area contributed by atoms with E-state index in [1.54, 1.807) is 46.8 Å². The third kappa shape index (κ3) is 5.37. The summed E-state index contributed by atoms with van der Waals surface area (Å²) in [6, 6.07) is 9.52. The molecule has 14 heteroatoms. The number of aromatic nitrogens is 3. The van der Waals surface area contributed by atoms with Crippen molar-refractivity contribution in [2.45, 2.75) is 41.6 Å². The Balaban J connectivity index is 1.17. The number of nitrogens with zero attached hydrogens (tertiary/aromatic N) is 5. The van der Waals surface area contributed by atoms with Gasteiger partial charge in [0, 0.05) is 55.2 Å². The fourth-order valence-corrected chi connectivity index (χ4v) is 8.20. The number of piperidine rings is 1. The van der Waals surface area contributed by atoms with Gasteiger partial charge in [0.15, 0.2) is 23.0 Å². The van der Waals surface area contributed by atoms with E-state index in [1.807, 2.05) is 0 Å². The highest BCUT2D eigenvalue weighted by atomic mass is 32.2. The monoisotopic (exact) mass is 625 g/mol. The van der Waals surface area contributed by atoms with Gasteiger partial charge in [-0.2, -0.15) is 4.39 Å². The Morgan fingerprint density at radius 2 is 1.89 bits per heavy atom. The molecule has 0 spiro atoms. The molecule has 3 unspecified atom stereocenters. The zero-order chi connectivity index (χ0) is 31.0. The van der Waals surface area contributed by atoms with Crippen molar-refractivity contribution in [3.63, 3.8) is 0 Å². The van der Waals surface area contributed by atoms with Crippen molar-refractivity contribution < 1.29 is 27.6 Å². The molecule has 2 saturated heterocycles. The molecule has 3 atom stereocenters. The first-order valence-corrected chi connectivity index (χ1v) is 15.9. The van der Waals surface area contributed by atoms with Crippen LogP contribution in [0.3, 0.4) is 0 Å². The first-order valence-electron chi connectivity index (χ1n) is 14.3. The van der Waals surface area contributed by atoms with Crippen molar-refractivity contribution in [1.82, 2.24) is 24.6 Å². The predicted molar refractivity (Wildman–Crippen MR) is 161 cm³/mol. The molecule has 0 saturated carbocycles. The van der Waals surface area contributed by atoms with E-state index in [0.717, 1.165) is 0 Å². The Kier molecular flexibility index (Phi) is 8.22. The molecule has 3 N–H and O–H groups in total. The molecule has 11 nitrogen and oxygen atoms in total. The summed E-state index contributed by atoms with van der Waals surface area (Å²) in [6.45, 7) is 1.39. The second-order valence-electron chi connectivity index (χ2n) is 10.8. The number of carbonyl (C=O) groups is 1. The molecule has 2 fully saturated rings. The number of imidazole rings is 1. The second-order valence-corrected chi connectivity index (χ2v) is 13.5. The minimum atomic E-state index is -2.75. The molecule has 2 aromatic carbocycles. The molecular formula is C30H33F2N7O4S. The molecular weight excluding hydrogens is 592 g/mol. The van der Waals surface area contributed by atoms with Gasteiger partial charge in [0.1, 0.15) is 0 Å². The zero-order valence-electron chi connectivity index (χ0n) is 24.2. The number of benzene rings is 2. The Morgan fingerprint density at radius 3 is 2.55 bits per heavy atom. The molecule has 2 aliphatic heterocycles. The number of carbonyl (C=O) groups excluding carboxylic acids is 1. The summed E-state index contributed by atoms with van der Waals surface area (Å²) >= 11 is 0. The summed E-state index contributed by atoms with van der Waals surface area (Å²) in [7, 11) is 0.0824. The second kappa shape index (κ2) is 12.1. The van der Waals surface area contributed by atoms with Crippen molar-refractivity contribution in [3.05, 3.63) is 66.6 Å². The first kappa shape index (κ1) is 29.9. The van der Waals surface area contributed by atoms with Gasteiger partial charge in [-0.25, -0.2) is 22.9 Å². The number of fused-ring (bicyclic) bond motifs is 1. The lowest BCUT2D eigenvalue weighted by Crippen LogP contribution is -2.48. The normalized spacial score (nSPS) is 20.4. The quantitative estimate of drug-likeness (QED) is 0.284. The van der Waals surface area contributed by atoms with Gasteiger partial charge in [0.25, 0.3) is 0 Å². The van der Waals surface area contributed by atoms with E-state index in [4.69, 9.17) is 4.74 Å². The minimum absolute atomic E-state index is 0.0233. The molecule has 1 amide bonds. The van der Waals surface area contributed by atoms with Crippen LogP contribution in [0.5, 0.6) is 5.75 Å². The number of hydrogen-bond donors (Lipinski definition) is 3. The number of nitrogens with one attached hydrogen (secondary N) is 2. The van der Waals surface area contributed by atoms with Crippen molar-refractivity contribution in [2.24, 2.45) is 4.36 Å². The maximum absolute atomic E-state index is 14.8. The Hall–Kier alpha value is -4.14. The molecule has 2 aliphatic rings. The third-order valence-electron chi connectivity index (χ3n) is 8.31. The summed E-state index contributed by atoms with van der Waals surface area (Å²) in [5.74, 6) is -1.94. The molecule has 0 radical (unpaired) electrons. The highest BCUT2D eigenvalue weighted by Crippen LogP contribution is 2.32. The topological polar surface area (TPSA) is 133 Å². The number of anilines is 2. The summed E-state index contributed by atoms with van der Waals surface area (Å²) in [6.07, 6.45) is 5.60. The molecule has 0 bridgehead atoms. The van der Waals surface area contributed by atoms with Crippen molar-refractivity contribution in [3.8, 4) is 17.0 Å². The lowest BCUT2D eigenvalue weighted by atomic mass is 10.1. The number of hydrogen-bond acceptors (Lipinski definition) is 9. The standard InChI is InChI=1S/C30H33F2N7O4S/c1-33-44(42,21-9-12-38(13-10-21)30(41)23-15-19(40)16-35-23)20-5-3-18(4-6-20)37-28-29-36-17-24(39(29)14-11-34-28)22-7-8-25(43-2)27(32)26(22)31/h3-8,11,14,17,19,21,23,35,40H,9-10,12-13,15-16H2,1-2H3,(H,34,37). The third-order valence-corrected chi connectivity index (χ3v) is 11.2. The molecule has 4 heterocycles. The van der Waals surface area contributed by atoms with E-state index in [-0.39, 0.29) is 28.5 Å².